The topological polar surface area (TPSA) is 128 Å². The standard InChI is InChI=1S/C29H22ClFN4O4/c1-39-27-16-35(28(37)14-23(27)22-12-19(30)7-6-18(22)15-32)25(13-20-4-2-3-9-34-20)26(36)11-17-5-8-21(29(33)38)24(31)10-17/h2-10,12,14,16,25H,11,13H2,1H3,(H2,33,38). The van der Waals surface area contributed by atoms with E-state index >= 15 is 0 Å². The number of ketones is 1. The number of nitriles is 1. The lowest BCUT2D eigenvalue weighted by Crippen LogP contribution is -2.32. The zero-order chi connectivity index (χ0) is 28.1. The first-order valence-corrected chi connectivity index (χ1v) is 12.1. The second kappa shape index (κ2) is 11.7. The highest BCUT2D eigenvalue weighted by molar-refractivity contribution is 6.31. The molecule has 0 radical (unpaired) electrons. The van der Waals surface area contributed by atoms with E-state index in [1.54, 1.807) is 42.6 Å². The van der Waals surface area contributed by atoms with Gasteiger partial charge in [0.2, 0.25) is 0 Å². The normalized spacial score (nSPS) is 11.4. The molecule has 0 fully saturated rings. The molecule has 1 amide bonds. The third kappa shape index (κ3) is 6.03. The smallest absolute Gasteiger partial charge is 0.252 e. The minimum Gasteiger partial charge on any atom is -0.495 e. The molecule has 0 spiro atoms. The maximum absolute atomic E-state index is 14.4. The zero-order valence-corrected chi connectivity index (χ0v) is 21.5. The Bertz CT molecular complexity index is 1660. The Labute approximate surface area is 228 Å². The highest BCUT2D eigenvalue weighted by Gasteiger charge is 2.25. The molecule has 0 saturated carbocycles. The Kier molecular flexibility index (Phi) is 8.18. The molecule has 4 rings (SSSR count). The summed E-state index contributed by atoms with van der Waals surface area (Å²) in [6.07, 6.45) is 2.83. The number of rotatable bonds is 9. The van der Waals surface area contributed by atoms with Gasteiger partial charge >= 0.3 is 0 Å². The molecule has 0 aliphatic carbocycles. The van der Waals surface area contributed by atoms with Crippen LogP contribution in [0.1, 0.15) is 33.2 Å². The van der Waals surface area contributed by atoms with Crippen molar-refractivity contribution >= 4 is 23.3 Å². The van der Waals surface area contributed by atoms with Crippen molar-refractivity contribution in [1.29, 1.82) is 5.26 Å². The van der Waals surface area contributed by atoms with Crippen LogP contribution in [0.2, 0.25) is 5.02 Å². The molecule has 2 aromatic heterocycles. The number of nitrogens with zero attached hydrogens (tertiary/aromatic N) is 3. The fourth-order valence-electron chi connectivity index (χ4n) is 4.25. The van der Waals surface area contributed by atoms with Gasteiger partial charge in [0.25, 0.3) is 11.5 Å². The lowest BCUT2D eigenvalue weighted by Gasteiger charge is -2.21. The number of nitrogens with two attached hydrogens (primary N) is 1. The van der Waals surface area contributed by atoms with Crippen LogP contribution in [0.25, 0.3) is 11.1 Å². The van der Waals surface area contributed by atoms with Gasteiger partial charge in [0.05, 0.1) is 30.5 Å². The van der Waals surface area contributed by atoms with E-state index in [1.165, 1.54) is 36.1 Å². The highest BCUT2D eigenvalue weighted by atomic mass is 35.5. The quantitative estimate of drug-likeness (QED) is 0.335. The van der Waals surface area contributed by atoms with Crippen molar-refractivity contribution in [1.82, 2.24) is 9.55 Å². The van der Waals surface area contributed by atoms with E-state index in [1.807, 2.05) is 0 Å². The fraction of sp³-hybridized carbons (Fsp3) is 0.138. The van der Waals surface area contributed by atoms with Gasteiger partial charge in [0, 0.05) is 46.9 Å². The largest absolute Gasteiger partial charge is 0.495 e. The summed E-state index contributed by atoms with van der Waals surface area (Å²) in [4.78, 5) is 42.7. The first-order chi connectivity index (χ1) is 18.7. The van der Waals surface area contributed by atoms with E-state index in [0.29, 0.717) is 27.4 Å². The van der Waals surface area contributed by atoms with Crippen molar-refractivity contribution in [3.8, 4) is 22.9 Å². The van der Waals surface area contributed by atoms with Gasteiger partial charge in [-0.05, 0) is 48.0 Å². The summed E-state index contributed by atoms with van der Waals surface area (Å²) in [6, 6.07) is 15.9. The molecule has 2 N–H and O–H groups in total. The van der Waals surface area contributed by atoms with Crippen LogP contribution in [-0.4, -0.2) is 28.4 Å². The van der Waals surface area contributed by atoms with Crippen LogP contribution in [0.15, 0.2) is 77.9 Å². The molecule has 10 heteroatoms. The van der Waals surface area contributed by atoms with E-state index < -0.39 is 29.1 Å². The Morgan fingerprint density at radius 2 is 1.95 bits per heavy atom. The maximum atomic E-state index is 14.4. The molecule has 196 valence electrons. The minimum absolute atomic E-state index is 0.0740. The number of hydrogen-bond donors (Lipinski definition) is 1. The molecule has 1 atom stereocenters. The molecule has 0 aliphatic rings. The number of primary amides is 1. The van der Waals surface area contributed by atoms with Gasteiger partial charge in [-0.1, -0.05) is 23.7 Å². The predicted molar refractivity (Wildman–Crippen MR) is 143 cm³/mol. The average Bonchev–Trinajstić information content (AvgIpc) is 2.92. The number of carbonyl (C=O) groups excluding carboxylic acids is 2. The third-order valence-electron chi connectivity index (χ3n) is 6.17. The summed E-state index contributed by atoms with van der Waals surface area (Å²) in [7, 11) is 1.41. The first-order valence-electron chi connectivity index (χ1n) is 11.7. The van der Waals surface area contributed by atoms with Crippen LogP contribution in [0, 0.1) is 17.1 Å². The van der Waals surface area contributed by atoms with Crippen LogP contribution in [0.3, 0.4) is 0 Å². The Morgan fingerprint density at radius 1 is 1.15 bits per heavy atom. The Hall–Kier alpha value is -4.81. The molecule has 8 nitrogen and oxygen atoms in total. The lowest BCUT2D eigenvalue weighted by atomic mass is 9.97. The number of halogens is 2. The number of ether oxygens (including phenoxy) is 1. The molecule has 2 heterocycles. The van der Waals surface area contributed by atoms with Crippen molar-refractivity contribution in [2.24, 2.45) is 5.73 Å². The number of aromatic nitrogens is 2. The molecule has 39 heavy (non-hydrogen) atoms. The van der Waals surface area contributed by atoms with E-state index in [2.05, 4.69) is 11.1 Å². The summed E-state index contributed by atoms with van der Waals surface area (Å²) in [5.74, 6) is -1.92. The van der Waals surface area contributed by atoms with Gasteiger partial charge in [-0.15, -0.1) is 0 Å². The highest BCUT2D eigenvalue weighted by Crippen LogP contribution is 2.33. The molecule has 0 saturated heterocycles. The average molecular weight is 545 g/mol. The molecule has 2 aromatic carbocycles. The lowest BCUT2D eigenvalue weighted by molar-refractivity contribution is -0.121. The van der Waals surface area contributed by atoms with Crippen LogP contribution in [0.4, 0.5) is 4.39 Å². The van der Waals surface area contributed by atoms with Crippen LogP contribution >= 0.6 is 11.6 Å². The summed E-state index contributed by atoms with van der Waals surface area (Å²) >= 11 is 6.15. The molecule has 0 aliphatic heterocycles. The zero-order valence-electron chi connectivity index (χ0n) is 20.7. The number of carbonyl (C=O) groups is 2. The van der Waals surface area contributed by atoms with E-state index in [-0.39, 0.29) is 29.7 Å². The second-order valence-electron chi connectivity index (χ2n) is 8.67. The first kappa shape index (κ1) is 27.2. The third-order valence-corrected chi connectivity index (χ3v) is 6.40. The van der Waals surface area contributed by atoms with Crippen molar-refractivity contribution in [2.75, 3.05) is 7.11 Å². The number of amides is 1. The SMILES string of the molecule is COc1cn(C(Cc2ccccn2)C(=O)Cc2ccc(C(N)=O)c(F)c2)c(=O)cc1-c1cc(Cl)ccc1C#N. The predicted octanol–water partition coefficient (Wildman–Crippen LogP) is 4.28. The van der Waals surface area contributed by atoms with E-state index in [4.69, 9.17) is 22.1 Å². The number of pyridine rings is 2. The fourth-order valence-corrected chi connectivity index (χ4v) is 4.43. The van der Waals surface area contributed by atoms with Gasteiger partial charge in [-0.2, -0.15) is 5.26 Å². The summed E-state index contributed by atoms with van der Waals surface area (Å²) in [5, 5.41) is 9.94. The van der Waals surface area contributed by atoms with Crippen molar-refractivity contribution < 1.29 is 18.7 Å². The van der Waals surface area contributed by atoms with Gasteiger partial charge in [0.1, 0.15) is 17.6 Å². The maximum Gasteiger partial charge on any atom is 0.252 e. The van der Waals surface area contributed by atoms with Gasteiger partial charge < -0.3 is 15.0 Å². The number of Topliss-reactive ketones (excluding diaryl/α,β-unsaturated/α-hetero) is 1. The minimum atomic E-state index is -1.02. The van der Waals surface area contributed by atoms with Crippen molar-refractivity contribution in [3.05, 3.63) is 117 Å². The van der Waals surface area contributed by atoms with Gasteiger partial charge in [-0.3, -0.25) is 19.4 Å². The van der Waals surface area contributed by atoms with Crippen molar-refractivity contribution in [3.63, 3.8) is 0 Å². The molecular weight excluding hydrogens is 523 g/mol. The number of benzene rings is 2. The molecule has 4 aromatic rings. The Morgan fingerprint density at radius 3 is 2.59 bits per heavy atom. The van der Waals surface area contributed by atoms with E-state index in [0.717, 1.165) is 6.07 Å². The summed E-state index contributed by atoms with van der Waals surface area (Å²) < 4.78 is 21.1. The monoisotopic (exact) mass is 544 g/mol. The molecular formula is C29H22ClFN4O4. The van der Waals surface area contributed by atoms with Crippen LogP contribution < -0.4 is 16.0 Å². The van der Waals surface area contributed by atoms with Gasteiger partial charge in [0.15, 0.2) is 5.78 Å². The Balaban J connectivity index is 1.79. The van der Waals surface area contributed by atoms with Gasteiger partial charge in [-0.25, -0.2) is 4.39 Å². The van der Waals surface area contributed by atoms with Crippen molar-refractivity contribution in [2.45, 2.75) is 18.9 Å². The number of methoxy groups -OCH3 is 1. The van der Waals surface area contributed by atoms with Crippen LogP contribution in [-0.2, 0) is 17.6 Å². The summed E-state index contributed by atoms with van der Waals surface area (Å²) in [6.45, 7) is 0. The second-order valence-corrected chi connectivity index (χ2v) is 9.10. The number of hydrogen-bond acceptors (Lipinski definition) is 6. The summed E-state index contributed by atoms with van der Waals surface area (Å²) in [5.41, 5.74) is 6.26. The molecule has 1 unspecified atom stereocenters. The molecule has 0 bridgehead atoms. The van der Waals surface area contributed by atoms with E-state index in [9.17, 15) is 24.0 Å². The van der Waals surface area contributed by atoms with Crippen LogP contribution in [0.5, 0.6) is 5.75 Å².